The third-order valence-corrected chi connectivity index (χ3v) is 6.62. The summed E-state index contributed by atoms with van der Waals surface area (Å²) in [5.41, 5.74) is 2.62. The monoisotopic (exact) mass is 481 g/mol. The van der Waals surface area contributed by atoms with Crippen molar-refractivity contribution in [3.63, 3.8) is 0 Å². The summed E-state index contributed by atoms with van der Waals surface area (Å²) in [4.78, 5) is 19.3. The Labute approximate surface area is 202 Å². The van der Waals surface area contributed by atoms with E-state index in [2.05, 4.69) is 15.2 Å². The van der Waals surface area contributed by atoms with Crippen molar-refractivity contribution >= 4 is 17.2 Å². The van der Waals surface area contributed by atoms with Crippen LogP contribution in [-0.4, -0.2) is 42.8 Å². The zero-order valence-corrected chi connectivity index (χ0v) is 20.0. The van der Waals surface area contributed by atoms with E-state index in [1.165, 1.54) is 11.3 Å². The van der Waals surface area contributed by atoms with Crippen LogP contribution in [0.15, 0.2) is 41.8 Å². The Hall–Kier alpha value is -3.30. The van der Waals surface area contributed by atoms with E-state index in [4.69, 9.17) is 18.9 Å². The quantitative estimate of drug-likeness (QED) is 0.469. The second kappa shape index (κ2) is 9.90. The molecule has 0 saturated heterocycles. The van der Waals surface area contributed by atoms with Crippen molar-refractivity contribution in [3.8, 4) is 23.0 Å². The fourth-order valence-electron chi connectivity index (χ4n) is 3.85. The molecule has 0 unspecified atom stereocenters. The number of ether oxygens (including phenoxy) is 4. The van der Waals surface area contributed by atoms with Crippen LogP contribution in [0.1, 0.15) is 39.5 Å². The number of thiazole rings is 1. The van der Waals surface area contributed by atoms with Crippen molar-refractivity contribution in [2.24, 2.45) is 0 Å². The number of fused-ring (bicyclic) bond motifs is 1. The van der Waals surface area contributed by atoms with Gasteiger partial charge < -0.3 is 24.3 Å². The maximum absolute atomic E-state index is 12.4. The first kappa shape index (κ1) is 22.5. The van der Waals surface area contributed by atoms with E-state index in [0.29, 0.717) is 31.4 Å². The smallest absolute Gasteiger partial charge is 0.270 e. The number of amides is 1. The first-order valence-corrected chi connectivity index (χ1v) is 12.1. The fraction of sp³-hybridized carbons (Fsp3) is 0.360. The third-order valence-electron chi connectivity index (χ3n) is 5.79. The van der Waals surface area contributed by atoms with Gasteiger partial charge in [0.05, 0.1) is 20.8 Å². The number of nitrogens with zero attached hydrogens (tertiary/aromatic N) is 2. The van der Waals surface area contributed by atoms with E-state index >= 15 is 0 Å². The lowest BCUT2D eigenvalue weighted by Crippen LogP contribution is -2.26. The molecule has 0 radical (unpaired) electrons. The normalized spacial score (nSPS) is 14.3. The summed E-state index contributed by atoms with van der Waals surface area (Å²) >= 11 is 1.50. The van der Waals surface area contributed by atoms with Gasteiger partial charge in [-0.25, -0.2) is 4.98 Å². The lowest BCUT2D eigenvalue weighted by atomic mass is 10.1. The second-order valence-corrected chi connectivity index (χ2v) is 9.33. The Morgan fingerprint density at radius 3 is 2.74 bits per heavy atom. The molecule has 1 aliphatic heterocycles. The summed E-state index contributed by atoms with van der Waals surface area (Å²) in [6.07, 6.45) is 2.10. The van der Waals surface area contributed by atoms with Crippen LogP contribution in [0.2, 0.25) is 0 Å². The molecule has 1 saturated carbocycles. The van der Waals surface area contributed by atoms with Crippen molar-refractivity contribution in [2.75, 3.05) is 21.0 Å². The Bertz CT molecular complexity index is 1180. The molecule has 178 valence electrons. The summed E-state index contributed by atoms with van der Waals surface area (Å²) in [5.74, 6) is 2.93. The number of aromatic nitrogens is 1. The predicted octanol–water partition coefficient (Wildman–Crippen LogP) is 3.98. The number of benzene rings is 2. The number of nitrogens with one attached hydrogen (secondary N) is 1. The standard InChI is InChI=1S/C25H27N3O5S/c1-30-19-7-4-17(22(10-19)31-2)12-28(11-16-3-8-21-23(9-16)33-15-32-21)13-24-27-20(14-34-24)25(29)26-18-5-6-18/h3-4,7-10,14,18H,5-6,11-13,15H2,1-2H3,(H,26,29). The average Bonchev–Trinajstić information content (AvgIpc) is 3.33. The minimum atomic E-state index is -0.0934. The van der Waals surface area contributed by atoms with Crippen molar-refractivity contribution < 1.29 is 23.7 Å². The van der Waals surface area contributed by atoms with Gasteiger partial charge in [0.2, 0.25) is 6.79 Å². The number of hydrogen-bond donors (Lipinski definition) is 1. The first-order chi connectivity index (χ1) is 16.6. The number of carbonyl (C=O) groups is 1. The van der Waals surface area contributed by atoms with Crippen LogP contribution in [0.3, 0.4) is 0 Å². The van der Waals surface area contributed by atoms with Gasteiger partial charge in [0, 0.05) is 36.1 Å². The highest BCUT2D eigenvalue weighted by atomic mass is 32.1. The molecule has 3 aromatic rings. The lowest BCUT2D eigenvalue weighted by molar-refractivity contribution is 0.0946. The Kier molecular flexibility index (Phi) is 6.55. The molecule has 0 atom stereocenters. The molecule has 1 N–H and O–H groups in total. The molecule has 5 rings (SSSR count). The van der Waals surface area contributed by atoms with E-state index in [9.17, 15) is 4.79 Å². The van der Waals surface area contributed by atoms with Crippen molar-refractivity contribution in [1.29, 1.82) is 0 Å². The largest absolute Gasteiger partial charge is 0.497 e. The molecule has 0 bridgehead atoms. The summed E-state index contributed by atoms with van der Waals surface area (Å²) in [6, 6.07) is 12.1. The zero-order valence-electron chi connectivity index (χ0n) is 19.2. The van der Waals surface area contributed by atoms with Gasteiger partial charge in [0.25, 0.3) is 5.91 Å². The summed E-state index contributed by atoms with van der Waals surface area (Å²) in [7, 11) is 3.30. The molecule has 1 amide bonds. The number of methoxy groups -OCH3 is 2. The van der Waals surface area contributed by atoms with E-state index in [1.54, 1.807) is 14.2 Å². The van der Waals surface area contributed by atoms with Crippen LogP contribution in [0.4, 0.5) is 0 Å². The molecule has 8 nitrogen and oxygen atoms in total. The zero-order chi connectivity index (χ0) is 23.5. The molecule has 1 aromatic heterocycles. The molecular formula is C25H27N3O5S. The molecule has 1 aliphatic carbocycles. The van der Waals surface area contributed by atoms with Crippen LogP contribution in [0.25, 0.3) is 0 Å². The predicted molar refractivity (Wildman–Crippen MR) is 128 cm³/mol. The first-order valence-electron chi connectivity index (χ1n) is 11.2. The number of rotatable bonds is 10. The van der Waals surface area contributed by atoms with Gasteiger partial charge >= 0.3 is 0 Å². The molecule has 0 spiro atoms. The van der Waals surface area contributed by atoms with E-state index < -0.39 is 0 Å². The van der Waals surface area contributed by atoms with Gasteiger partial charge in [-0.3, -0.25) is 9.69 Å². The van der Waals surface area contributed by atoms with Gasteiger partial charge in [-0.05, 0) is 36.6 Å². The van der Waals surface area contributed by atoms with Gasteiger partial charge in [0.1, 0.15) is 22.2 Å². The highest BCUT2D eigenvalue weighted by Crippen LogP contribution is 2.33. The SMILES string of the molecule is COc1ccc(CN(Cc2ccc3c(c2)OCO3)Cc2nc(C(=O)NC3CC3)cs2)c(OC)c1. The average molecular weight is 482 g/mol. The van der Waals surface area contributed by atoms with Crippen LogP contribution < -0.4 is 24.3 Å². The van der Waals surface area contributed by atoms with Gasteiger partial charge in [-0.1, -0.05) is 12.1 Å². The van der Waals surface area contributed by atoms with Crippen LogP contribution in [0, 0.1) is 0 Å². The fourth-order valence-corrected chi connectivity index (χ4v) is 4.67. The summed E-state index contributed by atoms with van der Waals surface area (Å²) < 4.78 is 22.0. The highest BCUT2D eigenvalue weighted by Gasteiger charge is 2.25. The molecular weight excluding hydrogens is 454 g/mol. The van der Waals surface area contributed by atoms with Gasteiger partial charge in [-0.2, -0.15) is 0 Å². The van der Waals surface area contributed by atoms with Crippen LogP contribution in [-0.2, 0) is 19.6 Å². The second-order valence-electron chi connectivity index (χ2n) is 8.38. The molecule has 1 fully saturated rings. The molecule has 2 aromatic carbocycles. The Balaban J connectivity index is 1.36. The molecule has 2 heterocycles. The minimum absolute atomic E-state index is 0.0934. The van der Waals surface area contributed by atoms with E-state index in [-0.39, 0.29) is 12.7 Å². The van der Waals surface area contributed by atoms with E-state index in [1.807, 2.05) is 41.8 Å². The van der Waals surface area contributed by atoms with Crippen molar-refractivity contribution in [3.05, 3.63) is 63.6 Å². The van der Waals surface area contributed by atoms with Crippen molar-refractivity contribution in [2.45, 2.75) is 38.5 Å². The summed E-state index contributed by atoms with van der Waals surface area (Å²) in [5, 5.41) is 5.72. The highest BCUT2D eigenvalue weighted by molar-refractivity contribution is 7.09. The third kappa shape index (κ3) is 5.26. The van der Waals surface area contributed by atoms with Crippen molar-refractivity contribution in [1.82, 2.24) is 15.2 Å². The molecule has 34 heavy (non-hydrogen) atoms. The Morgan fingerprint density at radius 1 is 1.09 bits per heavy atom. The summed E-state index contributed by atoms with van der Waals surface area (Å²) in [6.45, 7) is 2.13. The minimum Gasteiger partial charge on any atom is -0.497 e. The number of carbonyl (C=O) groups excluding carboxylic acids is 1. The van der Waals surface area contributed by atoms with Crippen LogP contribution in [0.5, 0.6) is 23.0 Å². The maximum Gasteiger partial charge on any atom is 0.270 e. The van der Waals surface area contributed by atoms with Gasteiger partial charge in [-0.15, -0.1) is 11.3 Å². The van der Waals surface area contributed by atoms with E-state index in [0.717, 1.165) is 52.0 Å². The molecule has 2 aliphatic rings. The topological polar surface area (TPSA) is 82.2 Å². The molecule has 9 heteroatoms. The Morgan fingerprint density at radius 2 is 1.94 bits per heavy atom. The maximum atomic E-state index is 12.4. The lowest BCUT2D eigenvalue weighted by Gasteiger charge is -2.23. The van der Waals surface area contributed by atoms with Crippen LogP contribution >= 0.6 is 11.3 Å². The number of hydrogen-bond acceptors (Lipinski definition) is 8. The van der Waals surface area contributed by atoms with Gasteiger partial charge in [0.15, 0.2) is 11.5 Å².